The number of H-pyrrole nitrogens is 1. The number of hydrogen-bond acceptors (Lipinski definition) is 3. The van der Waals surface area contributed by atoms with E-state index in [1.54, 1.807) is 12.3 Å². The molecule has 0 spiro atoms. The van der Waals surface area contributed by atoms with E-state index in [1.807, 2.05) is 74.5 Å². The van der Waals surface area contributed by atoms with Crippen molar-refractivity contribution in [2.75, 3.05) is 0 Å². The Bertz CT molecular complexity index is 938. The topological polar surface area (TPSA) is 70.1 Å². The summed E-state index contributed by atoms with van der Waals surface area (Å²) in [7, 11) is 0. The van der Waals surface area contributed by atoms with Crippen LogP contribution in [0.3, 0.4) is 0 Å². The third-order valence-corrected chi connectivity index (χ3v) is 3.80. The molecule has 1 aromatic heterocycles. The van der Waals surface area contributed by atoms with Crippen LogP contribution < -0.4 is 5.43 Å². The highest BCUT2D eigenvalue weighted by Gasteiger charge is 2.10. The van der Waals surface area contributed by atoms with Crippen molar-refractivity contribution in [3.05, 3.63) is 83.1 Å². The van der Waals surface area contributed by atoms with Crippen LogP contribution in [0.4, 0.5) is 0 Å². The molecular formula is C21H20N4O. The van der Waals surface area contributed by atoms with E-state index >= 15 is 0 Å². The number of nitrogens with zero attached hydrogens (tertiary/aromatic N) is 2. The summed E-state index contributed by atoms with van der Waals surface area (Å²) in [5.74, 6) is -0.334. The highest BCUT2D eigenvalue weighted by molar-refractivity contribution is 5.94. The Labute approximate surface area is 152 Å². The van der Waals surface area contributed by atoms with E-state index in [0.717, 1.165) is 22.4 Å². The van der Waals surface area contributed by atoms with Crippen LogP contribution in [0.5, 0.6) is 0 Å². The molecule has 0 atom stereocenters. The van der Waals surface area contributed by atoms with Crippen LogP contribution in [0.15, 0.2) is 71.3 Å². The highest BCUT2D eigenvalue weighted by atomic mass is 16.2. The number of aryl methyl sites for hydroxylation is 1. The number of rotatable bonds is 5. The number of hydrazone groups is 1. The molecule has 5 heteroatoms. The normalized spacial score (nSPS) is 11.7. The molecule has 3 aromatic rings. The maximum absolute atomic E-state index is 12.2. The van der Waals surface area contributed by atoms with Gasteiger partial charge in [0.1, 0.15) is 5.69 Å². The van der Waals surface area contributed by atoms with Gasteiger partial charge in [0.15, 0.2) is 0 Å². The number of nitrogens with one attached hydrogen (secondary N) is 2. The Morgan fingerprint density at radius 2 is 1.85 bits per heavy atom. The summed E-state index contributed by atoms with van der Waals surface area (Å²) < 4.78 is 0. The van der Waals surface area contributed by atoms with E-state index in [-0.39, 0.29) is 5.91 Å². The zero-order valence-corrected chi connectivity index (χ0v) is 14.7. The van der Waals surface area contributed by atoms with Gasteiger partial charge in [-0.2, -0.15) is 10.2 Å². The smallest absolute Gasteiger partial charge is 0.272 e. The number of carbonyl (C=O) groups excluding carboxylic acids is 1. The van der Waals surface area contributed by atoms with E-state index in [0.29, 0.717) is 5.69 Å². The quantitative estimate of drug-likeness (QED) is 0.538. The van der Waals surface area contributed by atoms with Gasteiger partial charge in [0.25, 0.3) is 5.91 Å². The van der Waals surface area contributed by atoms with Gasteiger partial charge >= 0.3 is 0 Å². The van der Waals surface area contributed by atoms with Gasteiger partial charge in [-0.25, -0.2) is 5.43 Å². The van der Waals surface area contributed by atoms with Crippen LogP contribution in [-0.4, -0.2) is 22.3 Å². The van der Waals surface area contributed by atoms with Crippen molar-refractivity contribution in [1.29, 1.82) is 0 Å². The van der Waals surface area contributed by atoms with Gasteiger partial charge in [-0.15, -0.1) is 0 Å². The lowest BCUT2D eigenvalue weighted by Gasteiger charge is -1.97. The zero-order valence-electron chi connectivity index (χ0n) is 14.7. The molecular weight excluding hydrogens is 324 g/mol. The van der Waals surface area contributed by atoms with Crippen molar-refractivity contribution in [1.82, 2.24) is 15.6 Å². The second-order valence-electron chi connectivity index (χ2n) is 6.03. The van der Waals surface area contributed by atoms with E-state index in [9.17, 15) is 4.79 Å². The highest BCUT2D eigenvalue weighted by Crippen LogP contribution is 2.18. The standard InChI is InChI=1S/C21H20N4O/c1-15-8-10-18(11-9-15)19-13-20(24-23-19)21(26)25-22-14-16(2)12-17-6-4-3-5-7-17/h3-14H,1-2H3,(H,23,24)(H,25,26)/b16-12+,22-14-. The molecule has 0 bridgehead atoms. The summed E-state index contributed by atoms with van der Waals surface area (Å²) in [6.07, 6.45) is 3.60. The van der Waals surface area contributed by atoms with Gasteiger partial charge in [-0.1, -0.05) is 66.2 Å². The van der Waals surface area contributed by atoms with Crippen LogP contribution >= 0.6 is 0 Å². The fraction of sp³-hybridized carbons (Fsp3) is 0.0952. The Hall–Kier alpha value is -3.47. The zero-order chi connectivity index (χ0) is 18.4. The Morgan fingerprint density at radius 1 is 1.12 bits per heavy atom. The molecule has 5 nitrogen and oxygen atoms in total. The number of aromatic nitrogens is 2. The molecule has 26 heavy (non-hydrogen) atoms. The van der Waals surface area contributed by atoms with Crippen molar-refractivity contribution < 1.29 is 4.79 Å². The first-order valence-electron chi connectivity index (χ1n) is 8.31. The molecule has 0 saturated carbocycles. The number of amides is 1. The molecule has 0 radical (unpaired) electrons. The van der Waals surface area contributed by atoms with Crippen molar-refractivity contribution in [2.24, 2.45) is 5.10 Å². The second-order valence-corrected chi connectivity index (χ2v) is 6.03. The monoisotopic (exact) mass is 344 g/mol. The lowest BCUT2D eigenvalue weighted by atomic mass is 10.1. The lowest BCUT2D eigenvalue weighted by Crippen LogP contribution is -2.17. The molecule has 1 heterocycles. The number of allylic oxidation sites excluding steroid dienone is 1. The summed E-state index contributed by atoms with van der Waals surface area (Å²) in [4.78, 5) is 12.2. The third kappa shape index (κ3) is 4.54. The predicted octanol–water partition coefficient (Wildman–Crippen LogP) is 4.20. The van der Waals surface area contributed by atoms with E-state index < -0.39 is 0 Å². The Morgan fingerprint density at radius 3 is 2.58 bits per heavy atom. The molecule has 3 rings (SSSR count). The molecule has 2 aromatic carbocycles. The van der Waals surface area contributed by atoms with Gasteiger partial charge in [0, 0.05) is 5.56 Å². The molecule has 1 amide bonds. The maximum Gasteiger partial charge on any atom is 0.289 e. The molecule has 0 fully saturated rings. The number of carbonyl (C=O) groups is 1. The fourth-order valence-electron chi connectivity index (χ4n) is 2.41. The van der Waals surface area contributed by atoms with E-state index in [1.165, 1.54) is 5.56 Å². The van der Waals surface area contributed by atoms with Gasteiger partial charge in [0.2, 0.25) is 0 Å². The maximum atomic E-state index is 12.2. The van der Waals surface area contributed by atoms with Crippen molar-refractivity contribution in [2.45, 2.75) is 13.8 Å². The summed E-state index contributed by atoms with van der Waals surface area (Å²) >= 11 is 0. The first-order chi connectivity index (χ1) is 12.6. The lowest BCUT2D eigenvalue weighted by molar-refractivity contribution is 0.0950. The number of aromatic amines is 1. The molecule has 130 valence electrons. The van der Waals surface area contributed by atoms with Crippen LogP contribution in [0.25, 0.3) is 17.3 Å². The van der Waals surface area contributed by atoms with Crippen LogP contribution in [0, 0.1) is 6.92 Å². The van der Waals surface area contributed by atoms with Gasteiger partial charge in [0.05, 0.1) is 11.9 Å². The SMILES string of the molecule is CC(/C=N\NC(=O)c1cc(-c2ccc(C)cc2)n[nH]1)=C\c1ccccc1. The van der Waals surface area contributed by atoms with Crippen LogP contribution in [-0.2, 0) is 0 Å². The minimum atomic E-state index is -0.334. The van der Waals surface area contributed by atoms with Gasteiger partial charge in [-0.05, 0) is 31.1 Å². The van der Waals surface area contributed by atoms with Crippen molar-refractivity contribution in [3.63, 3.8) is 0 Å². The van der Waals surface area contributed by atoms with Crippen LogP contribution in [0.1, 0.15) is 28.5 Å². The minimum absolute atomic E-state index is 0.334. The summed E-state index contributed by atoms with van der Waals surface area (Å²) in [5.41, 5.74) is 7.74. The summed E-state index contributed by atoms with van der Waals surface area (Å²) in [6, 6.07) is 19.6. The molecule has 0 aliphatic rings. The van der Waals surface area contributed by atoms with E-state index in [2.05, 4.69) is 20.7 Å². The average molecular weight is 344 g/mol. The molecule has 0 aliphatic heterocycles. The predicted molar refractivity (Wildman–Crippen MR) is 105 cm³/mol. The van der Waals surface area contributed by atoms with Gasteiger partial charge < -0.3 is 0 Å². The first kappa shape index (κ1) is 17.4. The Kier molecular flexibility index (Phi) is 5.39. The minimum Gasteiger partial charge on any atom is -0.272 e. The summed E-state index contributed by atoms with van der Waals surface area (Å²) in [5, 5.41) is 10.9. The van der Waals surface area contributed by atoms with Crippen molar-refractivity contribution >= 4 is 18.2 Å². The Balaban J connectivity index is 1.62. The number of hydrogen-bond donors (Lipinski definition) is 2. The largest absolute Gasteiger partial charge is 0.289 e. The molecule has 0 unspecified atom stereocenters. The summed E-state index contributed by atoms with van der Waals surface area (Å²) in [6.45, 7) is 3.95. The number of benzene rings is 2. The van der Waals surface area contributed by atoms with Crippen LogP contribution in [0.2, 0.25) is 0 Å². The third-order valence-electron chi connectivity index (χ3n) is 3.80. The molecule has 2 N–H and O–H groups in total. The first-order valence-corrected chi connectivity index (χ1v) is 8.31. The fourth-order valence-corrected chi connectivity index (χ4v) is 2.41. The molecule has 0 aliphatic carbocycles. The molecule has 0 saturated heterocycles. The van der Waals surface area contributed by atoms with E-state index in [4.69, 9.17) is 0 Å². The van der Waals surface area contributed by atoms with Crippen molar-refractivity contribution in [3.8, 4) is 11.3 Å². The second kappa shape index (κ2) is 8.07. The average Bonchev–Trinajstić information content (AvgIpc) is 3.13. The van der Waals surface area contributed by atoms with Gasteiger partial charge in [-0.3, -0.25) is 9.89 Å².